The van der Waals surface area contributed by atoms with Crippen molar-refractivity contribution < 1.29 is 24.0 Å². The third-order valence-corrected chi connectivity index (χ3v) is 3.60. The quantitative estimate of drug-likeness (QED) is 0.468. The number of carbonyl (C=O) groups excluding carboxylic acids is 2. The summed E-state index contributed by atoms with van der Waals surface area (Å²) in [6.45, 7) is 1.35. The molecule has 26 heavy (non-hydrogen) atoms. The van der Waals surface area contributed by atoms with Crippen LogP contribution in [0.4, 0.5) is 11.4 Å². The van der Waals surface area contributed by atoms with E-state index in [1.807, 2.05) is 0 Å². The molecular formula is C17H15ClN2O6. The number of rotatable bonds is 6. The molecule has 9 heteroatoms. The van der Waals surface area contributed by atoms with Crippen LogP contribution in [-0.4, -0.2) is 30.0 Å². The first-order chi connectivity index (χ1) is 12.3. The Balaban J connectivity index is 2.10. The number of halogens is 1. The van der Waals surface area contributed by atoms with Crippen LogP contribution in [0.1, 0.15) is 17.3 Å². The monoisotopic (exact) mass is 378 g/mol. The van der Waals surface area contributed by atoms with Crippen LogP contribution < -0.4 is 10.1 Å². The summed E-state index contributed by atoms with van der Waals surface area (Å²) in [7, 11) is 1.49. The van der Waals surface area contributed by atoms with Gasteiger partial charge in [0.2, 0.25) is 0 Å². The Kier molecular flexibility index (Phi) is 6.13. The Hall–Kier alpha value is -3.13. The third kappa shape index (κ3) is 4.70. The number of nitrogens with zero attached hydrogens (tertiary/aromatic N) is 1. The molecule has 136 valence electrons. The number of anilines is 1. The number of hydrogen-bond acceptors (Lipinski definition) is 6. The van der Waals surface area contributed by atoms with Crippen molar-refractivity contribution in [3.05, 3.63) is 63.2 Å². The molecule has 1 N–H and O–H groups in total. The molecule has 0 unspecified atom stereocenters. The van der Waals surface area contributed by atoms with Gasteiger partial charge >= 0.3 is 5.97 Å². The Morgan fingerprint density at radius 2 is 1.96 bits per heavy atom. The van der Waals surface area contributed by atoms with Crippen LogP contribution in [0.3, 0.4) is 0 Å². The average Bonchev–Trinajstić information content (AvgIpc) is 2.61. The van der Waals surface area contributed by atoms with Crippen LogP contribution in [-0.2, 0) is 9.53 Å². The smallest absolute Gasteiger partial charge is 0.345 e. The maximum Gasteiger partial charge on any atom is 0.345 e. The van der Waals surface area contributed by atoms with Crippen LogP contribution >= 0.6 is 11.6 Å². The summed E-state index contributed by atoms with van der Waals surface area (Å²) in [4.78, 5) is 34.7. The highest BCUT2D eigenvalue weighted by atomic mass is 35.5. The zero-order valence-corrected chi connectivity index (χ0v) is 14.6. The lowest BCUT2D eigenvalue weighted by atomic mass is 10.2. The Morgan fingerprint density at radius 1 is 1.23 bits per heavy atom. The first kappa shape index (κ1) is 19.2. The normalized spacial score (nSPS) is 11.3. The van der Waals surface area contributed by atoms with Gasteiger partial charge in [-0.15, -0.1) is 0 Å². The molecule has 0 radical (unpaired) electrons. The summed E-state index contributed by atoms with van der Waals surface area (Å²) in [5.41, 5.74) is -0.339. The average molecular weight is 379 g/mol. The number of amides is 1. The van der Waals surface area contributed by atoms with E-state index in [1.54, 1.807) is 24.3 Å². The molecule has 2 aromatic rings. The standard InChI is InChI=1S/C17H15ClN2O6/c1-10(16(21)19-12-4-3-5-13(9-12)25-2)26-17(22)14-8-11(18)6-7-15(14)20(23)24/h3-10H,1-2H3,(H,19,21)/t10-/m0/s1. The lowest BCUT2D eigenvalue weighted by molar-refractivity contribution is -0.385. The Morgan fingerprint density at radius 3 is 2.62 bits per heavy atom. The predicted octanol–water partition coefficient (Wildman–Crippen LogP) is 3.44. The SMILES string of the molecule is COc1cccc(NC(=O)[C@H](C)OC(=O)c2cc(Cl)ccc2[N+](=O)[O-])c1. The fourth-order valence-electron chi connectivity index (χ4n) is 2.05. The van der Waals surface area contributed by atoms with Gasteiger partial charge in [0.05, 0.1) is 12.0 Å². The molecule has 0 saturated carbocycles. The van der Waals surface area contributed by atoms with Gasteiger partial charge < -0.3 is 14.8 Å². The molecule has 8 nitrogen and oxygen atoms in total. The van der Waals surface area contributed by atoms with Crippen molar-refractivity contribution in [2.75, 3.05) is 12.4 Å². The molecule has 0 aliphatic carbocycles. The van der Waals surface area contributed by atoms with Crippen LogP contribution in [0, 0.1) is 10.1 Å². The number of esters is 1. The second-order valence-electron chi connectivity index (χ2n) is 5.19. The zero-order chi connectivity index (χ0) is 19.3. The fourth-order valence-corrected chi connectivity index (χ4v) is 2.23. The van der Waals surface area contributed by atoms with Gasteiger partial charge in [0.1, 0.15) is 11.3 Å². The van der Waals surface area contributed by atoms with Gasteiger partial charge in [0.15, 0.2) is 6.10 Å². The molecule has 0 spiro atoms. The van der Waals surface area contributed by atoms with Gasteiger partial charge in [0, 0.05) is 22.8 Å². The van der Waals surface area contributed by atoms with Crippen molar-refractivity contribution in [1.29, 1.82) is 0 Å². The molecule has 0 saturated heterocycles. The van der Waals surface area contributed by atoms with Crippen LogP contribution in [0.25, 0.3) is 0 Å². The molecule has 1 amide bonds. The van der Waals surface area contributed by atoms with E-state index in [-0.39, 0.29) is 10.6 Å². The molecule has 0 aromatic heterocycles. The number of nitrogens with one attached hydrogen (secondary N) is 1. The third-order valence-electron chi connectivity index (χ3n) is 3.37. The summed E-state index contributed by atoms with van der Waals surface area (Å²) in [6, 6.07) is 10.1. The number of methoxy groups -OCH3 is 1. The van der Waals surface area contributed by atoms with Gasteiger partial charge in [-0.05, 0) is 31.2 Å². The molecule has 0 bridgehead atoms. The molecule has 0 aliphatic rings. The maximum absolute atomic E-state index is 12.2. The van der Waals surface area contributed by atoms with E-state index in [1.165, 1.54) is 20.1 Å². The van der Waals surface area contributed by atoms with Gasteiger partial charge in [-0.25, -0.2) is 4.79 Å². The van der Waals surface area contributed by atoms with Gasteiger partial charge in [0.25, 0.3) is 11.6 Å². The van der Waals surface area contributed by atoms with E-state index >= 15 is 0 Å². The summed E-state index contributed by atoms with van der Waals surface area (Å²) >= 11 is 5.78. The van der Waals surface area contributed by atoms with Crippen LogP contribution in [0.15, 0.2) is 42.5 Å². The number of carbonyl (C=O) groups is 2. The lowest BCUT2D eigenvalue weighted by Crippen LogP contribution is -2.30. The molecule has 2 aromatic carbocycles. The number of benzene rings is 2. The van der Waals surface area contributed by atoms with Crippen molar-refractivity contribution in [1.82, 2.24) is 0 Å². The number of nitro groups is 1. The zero-order valence-electron chi connectivity index (χ0n) is 13.9. The topological polar surface area (TPSA) is 108 Å². The van der Waals surface area contributed by atoms with Gasteiger partial charge in [-0.1, -0.05) is 17.7 Å². The number of hydrogen-bond donors (Lipinski definition) is 1. The molecule has 0 aliphatic heterocycles. The molecule has 2 rings (SSSR count). The minimum Gasteiger partial charge on any atom is -0.497 e. The number of nitro benzene ring substituents is 1. The van der Waals surface area contributed by atoms with E-state index in [0.717, 1.165) is 12.1 Å². The lowest BCUT2D eigenvalue weighted by Gasteiger charge is -2.14. The Labute approximate surface area is 153 Å². The fraction of sp³-hybridized carbons (Fsp3) is 0.176. The highest BCUT2D eigenvalue weighted by molar-refractivity contribution is 6.31. The minimum atomic E-state index is -1.19. The summed E-state index contributed by atoms with van der Waals surface area (Å²) < 4.78 is 10.1. The van der Waals surface area contributed by atoms with Crippen molar-refractivity contribution in [2.45, 2.75) is 13.0 Å². The predicted molar refractivity (Wildman–Crippen MR) is 94.6 cm³/mol. The van der Waals surface area contributed by atoms with Crippen molar-refractivity contribution in [3.8, 4) is 5.75 Å². The van der Waals surface area contributed by atoms with E-state index in [4.69, 9.17) is 21.1 Å². The van der Waals surface area contributed by atoms with Gasteiger partial charge in [-0.2, -0.15) is 0 Å². The second-order valence-corrected chi connectivity index (χ2v) is 5.62. The Bertz CT molecular complexity index is 855. The second kappa shape index (κ2) is 8.30. The molecule has 0 fully saturated rings. The first-order valence-electron chi connectivity index (χ1n) is 7.41. The van der Waals surface area contributed by atoms with E-state index in [0.29, 0.717) is 11.4 Å². The minimum absolute atomic E-state index is 0.135. The van der Waals surface area contributed by atoms with E-state index in [2.05, 4.69) is 5.32 Å². The van der Waals surface area contributed by atoms with Gasteiger partial charge in [-0.3, -0.25) is 14.9 Å². The molecule has 0 heterocycles. The maximum atomic E-state index is 12.2. The largest absolute Gasteiger partial charge is 0.497 e. The first-order valence-corrected chi connectivity index (χ1v) is 7.79. The molecular weight excluding hydrogens is 364 g/mol. The molecule has 1 atom stereocenters. The van der Waals surface area contributed by atoms with Crippen molar-refractivity contribution in [2.24, 2.45) is 0 Å². The summed E-state index contributed by atoms with van der Waals surface area (Å²) in [6.07, 6.45) is -1.19. The van der Waals surface area contributed by atoms with Crippen LogP contribution in [0.5, 0.6) is 5.75 Å². The van der Waals surface area contributed by atoms with Crippen molar-refractivity contribution >= 4 is 34.9 Å². The number of ether oxygens (including phenoxy) is 2. The highest BCUT2D eigenvalue weighted by Gasteiger charge is 2.25. The van der Waals surface area contributed by atoms with E-state index in [9.17, 15) is 19.7 Å². The van der Waals surface area contributed by atoms with Crippen molar-refractivity contribution in [3.63, 3.8) is 0 Å². The summed E-state index contributed by atoms with van der Waals surface area (Å²) in [5.74, 6) is -1.08. The van der Waals surface area contributed by atoms with Crippen LogP contribution in [0.2, 0.25) is 5.02 Å². The van der Waals surface area contributed by atoms with E-state index < -0.39 is 28.6 Å². The highest BCUT2D eigenvalue weighted by Crippen LogP contribution is 2.24. The summed E-state index contributed by atoms with van der Waals surface area (Å²) in [5, 5.41) is 13.7.